The van der Waals surface area contributed by atoms with E-state index in [-0.39, 0.29) is 19.2 Å². The molecule has 0 aliphatic rings. The maximum absolute atomic E-state index is 12.1. The number of ether oxygens (including phenoxy) is 3. The minimum atomic E-state index is -1.04. The Kier molecular flexibility index (Phi) is 32.0. The van der Waals surface area contributed by atoms with Crippen LogP contribution in [0.15, 0.2) is 30.3 Å². The average Bonchev–Trinajstić information content (AvgIpc) is 3.13. The Bertz CT molecular complexity index is 927. The highest BCUT2D eigenvalue weighted by molar-refractivity contribution is 5.87. The molecule has 50 heavy (non-hydrogen) atoms. The second kappa shape index (κ2) is 35.1. The van der Waals surface area contributed by atoms with Gasteiger partial charge in [-0.1, -0.05) is 187 Å². The molecule has 0 spiro atoms. The summed E-state index contributed by atoms with van der Waals surface area (Å²) in [4.78, 5) is 24.1. The Labute approximate surface area is 307 Å². The van der Waals surface area contributed by atoms with Gasteiger partial charge in [0, 0.05) is 12.5 Å². The molecule has 0 unspecified atom stereocenters. The van der Waals surface area contributed by atoms with Crippen LogP contribution in [0, 0.1) is 0 Å². The van der Waals surface area contributed by atoms with Gasteiger partial charge in [-0.05, 0) is 36.6 Å². The summed E-state index contributed by atoms with van der Waals surface area (Å²) >= 11 is 0. The zero-order chi connectivity index (χ0) is 36.2. The predicted octanol–water partition coefficient (Wildman–Crippen LogP) is 12.5. The van der Waals surface area contributed by atoms with Gasteiger partial charge in [0.25, 0.3) is 0 Å². The van der Waals surface area contributed by atoms with Gasteiger partial charge < -0.3 is 19.3 Å². The zero-order valence-electron chi connectivity index (χ0n) is 32.5. The molecule has 0 saturated heterocycles. The highest BCUT2D eigenvalue weighted by Crippen LogP contribution is 2.16. The molecule has 6 nitrogen and oxygen atoms in total. The Morgan fingerprint density at radius 2 is 0.960 bits per heavy atom. The first kappa shape index (κ1) is 45.7. The monoisotopic (exact) mass is 701 g/mol. The molecule has 0 fully saturated rings. The normalized spacial score (nSPS) is 12.0. The van der Waals surface area contributed by atoms with Crippen molar-refractivity contribution in [2.45, 2.75) is 200 Å². The maximum atomic E-state index is 12.1. The molecule has 0 radical (unpaired) electrons. The smallest absolute Gasteiger partial charge is 0.330 e. The third kappa shape index (κ3) is 30.5. The number of carbonyl (C=O) groups excluding carboxylic acids is 2. The molecule has 1 aromatic carbocycles. The number of aliphatic hydroxyl groups is 1. The Balaban J connectivity index is 1.98. The molecule has 0 aliphatic heterocycles. The Morgan fingerprint density at radius 3 is 1.42 bits per heavy atom. The first-order valence-corrected chi connectivity index (χ1v) is 21.0. The molecular formula is C44H76O6. The third-order valence-electron chi connectivity index (χ3n) is 9.40. The van der Waals surface area contributed by atoms with Gasteiger partial charge in [-0.3, -0.25) is 4.79 Å². The quantitative estimate of drug-likeness (QED) is 0.0426. The van der Waals surface area contributed by atoms with Crippen LogP contribution in [-0.2, 0) is 19.1 Å². The van der Waals surface area contributed by atoms with Crippen molar-refractivity contribution < 1.29 is 28.9 Å². The number of hydrogen-bond acceptors (Lipinski definition) is 6. The van der Waals surface area contributed by atoms with Gasteiger partial charge in [0.15, 0.2) is 0 Å². The van der Waals surface area contributed by atoms with Crippen LogP contribution in [0.2, 0.25) is 0 Å². The lowest BCUT2D eigenvalue weighted by Gasteiger charge is -2.11. The molecule has 0 saturated carbocycles. The molecule has 0 heterocycles. The first-order chi connectivity index (χ1) is 24.5. The van der Waals surface area contributed by atoms with Crippen molar-refractivity contribution in [1.82, 2.24) is 0 Å². The number of aliphatic hydroxyl groups excluding tert-OH is 1. The zero-order valence-corrected chi connectivity index (χ0v) is 32.5. The van der Waals surface area contributed by atoms with Crippen molar-refractivity contribution in [3.8, 4) is 5.75 Å². The summed E-state index contributed by atoms with van der Waals surface area (Å²) in [6.45, 7) is 4.86. The fourth-order valence-corrected chi connectivity index (χ4v) is 6.15. The number of rotatable bonds is 36. The summed E-state index contributed by atoms with van der Waals surface area (Å²) < 4.78 is 16.1. The molecule has 1 atom stereocenters. The van der Waals surface area contributed by atoms with Crippen molar-refractivity contribution in [2.24, 2.45) is 0 Å². The highest BCUT2D eigenvalue weighted by Gasteiger charge is 2.11. The number of hydrogen-bond donors (Lipinski definition) is 1. The van der Waals surface area contributed by atoms with Crippen LogP contribution in [0.1, 0.15) is 199 Å². The van der Waals surface area contributed by atoms with E-state index >= 15 is 0 Å². The van der Waals surface area contributed by atoms with E-state index in [1.54, 1.807) is 6.08 Å². The molecule has 1 rings (SSSR count). The molecule has 0 bridgehead atoms. The Hall–Kier alpha value is -2.34. The van der Waals surface area contributed by atoms with E-state index < -0.39 is 12.1 Å². The fraction of sp³-hybridized carbons (Fsp3) is 0.773. The largest absolute Gasteiger partial charge is 0.494 e. The minimum Gasteiger partial charge on any atom is -0.494 e. The van der Waals surface area contributed by atoms with Gasteiger partial charge >= 0.3 is 11.9 Å². The van der Waals surface area contributed by atoms with Crippen LogP contribution in [0.4, 0.5) is 0 Å². The second-order valence-electron chi connectivity index (χ2n) is 14.3. The van der Waals surface area contributed by atoms with Gasteiger partial charge in [-0.15, -0.1) is 0 Å². The van der Waals surface area contributed by atoms with Crippen molar-refractivity contribution in [3.05, 3.63) is 35.9 Å². The lowest BCUT2D eigenvalue weighted by Crippen LogP contribution is -2.24. The van der Waals surface area contributed by atoms with Crippen molar-refractivity contribution in [1.29, 1.82) is 0 Å². The third-order valence-corrected chi connectivity index (χ3v) is 9.40. The van der Waals surface area contributed by atoms with E-state index in [0.29, 0.717) is 6.42 Å². The van der Waals surface area contributed by atoms with Crippen LogP contribution in [0.25, 0.3) is 6.08 Å². The molecular weight excluding hydrogens is 624 g/mol. The van der Waals surface area contributed by atoms with E-state index in [9.17, 15) is 14.7 Å². The predicted molar refractivity (Wildman–Crippen MR) is 210 cm³/mol. The van der Waals surface area contributed by atoms with Crippen LogP contribution in [0.5, 0.6) is 5.75 Å². The number of unbranched alkanes of at least 4 members (excludes halogenated alkanes) is 25. The second-order valence-corrected chi connectivity index (χ2v) is 14.3. The lowest BCUT2D eigenvalue weighted by atomic mass is 10.0. The summed E-state index contributed by atoms with van der Waals surface area (Å²) in [7, 11) is 0. The van der Waals surface area contributed by atoms with Gasteiger partial charge in [-0.25, -0.2) is 4.79 Å². The molecule has 0 aliphatic carbocycles. The SMILES string of the molecule is CCCCCCCCCCCCCCCCOc1ccc(/C=C/C(=O)OC[C@H](O)COC(=O)CCCCCCCCCCCCCCC)cc1. The first-order valence-electron chi connectivity index (χ1n) is 21.0. The highest BCUT2D eigenvalue weighted by atomic mass is 16.6. The van der Waals surface area contributed by atoms with E-state index in [4.69, 9.17) is 14.2 Å². The Morgan fingerprint density at radius 1 is 0.560 bits per heavy atom. The molecule has 1 N–H and O–H groups in total. The number of esters is 2. The lowest BCUT2D eigenvalue weighted by molar-refractivity contribution is -0.150. The number of benzene rings is 1. The van der Waals surface area contributed by atoms with E-state index in [2.05, 4.69) is 13.8 Å². The summed E-state index contributed by atoms with van der Waals surface area (Å²) in [6, 6.07) is 7.61. The van der Waals surface area contributed by atoms with Crippen molar-refractivity contribution >= 4 is 18.0 Å². The van der Waals surface area contributed by atoms with E-state index in [1.807, 2.05) is 24.3 Å². The topological polar surface area (TPSA) is 82.1 Å². The summed E-state index contributed by atoms with van der Waals surface area (Å²) in [5.74, 6) is -0.0444. The van der Waals surface area contributed by atoms with Crippen LogP contribution >= 0.6 is 0 Å². The van der Waals surface area contributed by atoms with Crippen LogP contribution in [0.3, 0.4) is 0 Å². The van der Waals surface area contributed by atoms with E-state index in [1.165, 1.54) is 154 Å². The van der Waals surface area contributed by atoms with E-state index in [0.717, 1.165) is 43.6 Å². The average molecular weight is 701 g/mol. The molecule has 1 aromatic rings. The minimum absolute atomic E-state index is 0.172. The van der Waals surface area contributed by atoms with Crippen LogP contribution < -0.4 is 4.74 Å². The van der Waals surface area contributed by atoms with Crippen LogP contribution in [-0.4, -0.2) is 43.0 Å². The maximum Gasteiger partial charge on any atom is 0.330 e. The summed E-state index contributed by atoms with van der Waals surface area (Å²) in [5, 5.41) is 10.1. The fourth-order valence-electron chi connectivity index (χ4n) is 6.15. The standard InChI is InChI=1S/C44H76O6/c1-3-5-7-9-11-13-15-17-19-21-23-25-27-29-37-48-42-34-31-40(32-35-42)33-36-44(47)50-39-41(45)38-49-43(46)30-28-26-24-22-20-18-16-14-12-10-8-6-4-2/h31-36,41,45H,3-30,37-39H2,1-2H3/b36-33+/t41-/m1/s1. The van der Waals surface area contributed by atoms with Gasteiger partial charge in [0.2, 0.25) is 0 Å². The molecule has 288 valence electrons. The summed E-state index contributed by atoms with van der Waals surface area (Å²) in [5.41, 5.74) is 0.855. The number of carbonyl (C=O) groups is 2. The molecule has 0 amide bonds. The van der Waals surface area contributed by atoms with Gasteiger partial charge in [-0.2, -0.15) is 0 Å². The van der Waals surface area contributed by atoms with Gasteiger partial charge in [0.1, 0.15) is 25.1 Å². The van der Waals surface area contributed by atoms with Crippen molar-refractivity contribution in [2.75, 3.05) is 19.8 Å². The van der Waals surface area contributed by atoms with Gasteiger partial charge in [0.05, 0.1) is 6.61 Å². The molecule has 6 heteroatoms. The molecule has 0 aromatic heterocycles. The summed E-state index contributed by atoms with van der Waals surface area (Å²) in [6.07, 6.45) is 37.4. The van der Waals surface area contributed by atoms with Crippen molar-refractivity contribution in [3.63, 3.8) is 0 Å².